The summed E-state index contributed by atoms with van der Waals surface area (Å²) in [4.78, 5) is 7.49. The summed E-state index contributed by atoms with van der Waals surface area (Å²) < 4.78 is 5.32. The fraction of sp³-hybridized carbons (Fsp3) is 0.308. The van der Waals surface area contributed by atoms with Crippen molar-refractivity contribution in [2.45, 2.75) is 19.1 Å². The number of rotatable bonds is 4. The molecule has 0 fully saturated rings. The van der Waals surface area contributed by atoms with Gasteiger partial charge in [-0.3, -0.25) is 0 Å². The molecule has 0 aliphatic heterocycles. The van der Waals surface area contributed by atoms with Crippen molar-refractivity contribution in [1.82, 2.24) is 9.97 Å². The minimum atomic E-state index is 0.622. The van der Waals surface area contributed by atoms with E-state index in [1.807, 2.05) is 18.3 Å². The number of thiol groups is 1. The molecule has 0 spiro atoms. The zero-order valence-electron chi connectivity index (χ0n) is 10.0. The average molecular weight is 248 g/mol. The molecule has 4 heteroatoms. The summed E-state index contributed by atoms with van der Waals surface area (Å²) >= 11 is 4.19. The number of aromatic nitrogens is 2. The number of hydrogen-bond acceptors (Lipinski definition) is 3. The third-order valence-corrected chi connectivity index (χ3v) is 3.05. The van der Waals surface area contributed by atoms with Crippen molar-refractivity contribution in [3.05, 3.63) is 35.8 Å². The first-order chi connectivity index (χ1) is 8.28. The maximum Gasteiger partial charge on any atom is 0.122 e. The van der Waals surface area contributed by atoms with E-state index in [0.29, 0.717) is 5.75 Å². The van der Waals surface area contributed by atoms with Crippen molar-refractivity contribution >= 4 is 12.6 Å². The number of nitrogens with one attached hydrogen (secondary N) is 1. The number of aryl methyl sites for hydroxylation is 1. The van der Waals surface area contributed by atoms with Crippen LogP contribution in [0.3, 0.4) is 0 Å². The Labute approximate surface area is 107 Å². The van der Waals surface area contributed by atoms with Gasteiger partial charge in [0, 0.05) is 11.3 Å². The molecule has 17 heavy (non-hydrogen) atoms. The summed E-state index contributed by atoms with van der Waals surface area (Å²) in [6.07, 6.45) is 2.79. The van der Waals surface area contributed by atoms with Gasteiger partial charge in [0.1, 0.15) is 11.6 Å². The van der Waals surface area contributed by atoms with Crippen molar-refractivity contribution in [3.8, 4) is 17.0 Å². The van der Waals surface area contributed by atoms with Crippen LogP contribution in [-0.4, -0.2) is 17.1 Å². The largest absolute Gasteiger partial charge is 0.496 e. The van der Waals surface area contributed by atoms with E-state index in [2.05, 4.69) is 35.6 Å². The van der Waals surface area contributed by atoms with E-state index in [-0.39, 0.29) is 0 Å². The van der Waals surface area contributed by atoms with Crippen LogP contribution in [0.25, 0.3) is 11.3 Å². The number of benzene rings is 1. The number of hydrogen-bond donors (Lipinski definition) is 2. The van der Waals surface area contributed by atoms with Crippen LogP contribution in [-0.2, 0) is 12.2 Å². The maximum atomic E-state index is 5.32. The Hall–Kier alpha value is -1.42. The fourth-order valence-electron chi connectivity index (χ4n) is 1.81. The van der Waals surface area contributed by atoms with Crippen molar-refractivity contribution in [2.75, 3.05) is 7.11 Å². The van der Waals surface area contributed by atoms with Crippen molar-refractivity contribution in [2.24, 2.45) is 0 Å². The van der Waals surface area contributed by atoms with E-state index in [4.69, 9.17) is 4.74 Å². The van der Waals surface area contributed by atoms with Gasteiger partial charge in [-0.25, -0.2) is 4.98 Å². The van der Waals surface area contributed by atoms with Gasteiger partial charge in [-0.15, -0.1) is 0 Å². The molecule has 0 aliphatic rings. The van der Waals surface area contributed by atoms with Crippen LogP contribution in [0.1, 0.15) is 18.3 Å². The lowest BCUT2D eigenvalue weighted by Gasteiger charge is -2.08. The number of methoxy groups -OCH3 is 1. The third-order valence-electron chi connectivity index (χ3n) is 2.75. The average Bonchev–Trinajstić information content (AvgIpc) is 2.86. The summed E-state index contributed by atoms with van der Waals surface area (Å²) in [6.45, 7) is 2.12. The summed E-state index contributed by atoms with van der Waals surface area (Å²) in [5, 5.41) is 0. The Morgan fingerprint density at radius 3 is 2.82 bits per heavy atom. The molecule has 0 amide bonds. The van der Waals surface area contributed by atoms with E-state index in [1.54, 1.807) is 7.11 Å². The predicted octanol–water partition coefficient (Wildman–Crippen LogP) is 3.08. The molecular formula is C13H16N2OS. The van der Waals surface area contributed by atoms with Gasteiger partial charge in [-0.1, -0.05) is 6.92 Å². The van der Waals surface area contributed by atoms with Crippen LogP contribution in [0, 0.1) is 0 Å². The number of imidazole rings is 1. The quantitative estimate of drug-likeness (QED) is 0.816. The van der Waals surface area contributed by atoms with E-state index >= 15 is 0 Å². The first-order valence-electron chi connectivity index (χ1n) is 5.60. The molecule has 3 nitrogen and oxygen atoms in total. The zero-order valence-corrected chi connectivity index (χ0v) is 10.9. The van der Waals surface area contributed by atoms with Gasteiger partial charge in [0.25, 0.3) is 0 Å². The molecule has 1 N–H and O–H groups in total. The summed E-state index contributed by atoms with van der Waals surface area (Å²) in [5.74, 6) is 2.44. The smallest absolute Gasteiger partial charge is 0.122 e. The topological polar surface area (TPSA) is 37.9 Å². The van der Waals surface area contributed by atoms with E-state index < -0.39 is 0 Å². The molecule has 1 heterocycles. The first-order valence-corrected chi connectivity index (χ1v) is 6.23. The second-order valence-corrected chi connectivity index (χ2v) is 4.10. The lowest BCUT2D eigenvalue weighted by Crippen LogP contribution is -1.91. The molecule has 1 aromatic heterocycles. The number of H-pyrrole nitrogens is 1. The number of ether oxygens (including phenoxy) is 1. The molecule has 0 saturated heterocycles. The van der Waals surface area contributed by atoms with Gasteiger partial charge in [0.2, 0.25) is 0 Å². The lowest BCUT2D eigenvalue weighted by atomic mass is 10.1. The Morgan fingerprint density at radius 2 is 2.24 bits per heavy atom. The molecule has 0 radical (unpaired) electrons. The zero-order chi connectivity index (χ0) is 12.3. The van der Waals surface area contributed by atoms with Crippen LogP contribution in [0.2, 0.25) is 0 Å². The molecule has 1 aromatic carbocycles. The Bertz CT molecular complexity index is 508. The Kier molecular flexibility index (Phi) is 3.74. The first kappa shape index (κ1) is 12.0. The number of nitrogens with zero attached hydrogens (tertiary/aromatic N) is 1. The van der Waals surface area contributed by atoms with Crippen molar-refractivity contribution < 1.29 is 4.74 Å². The minimum Gasteiger partial charge on any atom is -0.496 e. The normalized spacial score (nSPS) is 10.5. The van der Waals surface area contributed by atoms with Gasteiger partial charge in [-0.2, -0.15) is 12.6 Å². The second kappa shape index (κ2) is 5.27. The summed E-state index contributed by atoms with van der Waals surface area (Å²) in [7, 11) is 1.70. The number of aromatic amines is 1. The Balaban J connectivity index is 2.38. The highest BCUT2D eigenvalue weighted by atomic mass is 32.1. The predicted molar refractivity (Wildman–Crippen MR) is 72.6 cm³/mol. The van der Waals surface area contributed by atoms with Crippen LogP contribution < -0.4 is 4.74 Å². The van der Waals surface area contributed by atoms with Crippen LogP contribution in [0.4, 0.5) is 0 Å². The van der Waals surface area contributed by atoms with Gasteiger partial charge >= 0.3 is 0 Å². The van der Waals surface area contributed by atoms with Gasteiger partial charge < -0.3 is 9.72 Å². The molecule has 2 aromatic rings. The van der Waals surface area contributed by atoms with Crippen LogP contribution >= 0.6 is 12.6 Å². The molecule has 0 atom stereocenters. The molecule has 2 rings (SSSR count). The highest BCUT2D eigenvalue weighted by Crippen LogP contribution is 2.26. The highest BCUT2D eigenvalue weighted by molar-refractivity contribution is 7.79. The fourth-order valence-corrected chi connectivity index (χ4v) is 1.97. The lowest BCUT2D eigenvalue weighted by molar-refractivity contribution is 0.410. The van der Waals surface area contributed by atoms with Gasteiger partial charge in [-0.05, 0) is 30.2 Å². The highest BCUT2D eigenvalue weighted by Gasteiger charge is 2.06. The van der Waals surface area contributed by atoms with Crippen LogP contribution in [0.5, 0.6) is 5.75 Å². The monoisotopic (exact) mass is 248 g/mol. The maximum absolute atomic E-state index is 5.32. The van der Waals surface area contributed by atoms with Gasteiger partial charge in [0.15, 0.2) is 0 Å². The van der Waals surface area contributed by atoms with Crippen molar-refractivity contribution in [1.29, 1.82) is 0 Å². The van der Waals surface area contributed by atoms with Crippen molar-refractivity contribution in [3.63, 3.8) is 0 Å². The minimum absolute atomic E-state index is 0.622. The van der Waals surface area contributed by atoms with Crippen LogP contribution in [0.15, 0.2) is 24.4 Å². The standard InChI is InChI=1S/C13H16N2OS/c1-3-9-6-10(4-5-12(9)16-2)11-7-14-13(8-17)15-11/h4-7,17H,3,8H2,1-2H3,(H,14,15). The Morgan fingerprint density at radius 1 is 1.41 bits per heavy atom. The SMILES string of the molecule is CCc1cc(-c2cnc(CS)[nH]2)ccc1OC. The van der Waals surface area contributed by atoms with E-state index in [0.717, 1.165) is 29.3 Å². The molecule has 0 unspecified atom stereocenters. The molecule has 0 saturated carbocycles. The second-order valence-electron chi connectivity index (χ2n) is 3.78. The third kappa shape index (κ3) is 2.47. The van der Waals surface area contributed by atoms with Gasteiger partial charge in [0.05, 0.1) is 19.0 Å². The van der Waals surface area contributed by atoms with E-state index in [9.17, 15) is 0 Å². The summed E-state index contributed by atoms with van der Waals surface area (Å²) in [5.41, 5.74) is 3.35. The van der Waals surface area contributed by atoms with E-state index in [1.165, 1.54) is 5.56 Å². The molecular weight excluding hydrogens is 232 g/mol. The molecule has 0 bridgehead atoms. The summed E-state index contributed by atoms with van der Waals surface area (Å²) in [6, 6.07) is 6.16. The molecule has 0 aliphatic carbocycles. The molecule has 90 valence electrons.